The van der Waals surface area contributed by atoms with E-state index in [1.54, 1.807) is 0 Å². The fraction of sp³-hybridized carbons (Fsp3) is 0.118. The highest BCUT2D eigenvalue weighted by molar-refractivity contribution is 6.14. The molecule has 1 unspecified atom stereocenters. The second kappa shape index (κ2) is 13.8. The highest BCUT2D eigenvalue weighted by atomic mass is 15.0. The lowest BCUT2D eigenvalue weighted by molar-refractivity contribution is 0.764. The van der Waals surface area contributed by atoms with Gasteiger partial charge in [-0.25, -0.2) is 15.0 Å². The van der Waals surface area contributed by atoms with E-state index in [0.29, 0.717) is 11.6 Å². The Kier molecular flexibility index (Phi) is 8.26. The molecule has 0 spiro atoms. The Labute approximate surface area is 316 Å². The van der Waals surface area contributed by atoms with Gasteiger partial charge >= 0.3 is 0 Å². The quantitative estimate of drug-likeness (QED) is 0.163. The van der Waals surface area contributed by atoms with Gasteiger partial charge in [0.05, 0.1) is 0 Å². The van der Waals surface area contributed by atoms with E-state index in [-0.39, 0.29) is 5.92 Å². The summed E-state index contributed by atoms with van der Waals surface area (Å²) in [6.45, 7) is 0. The molecule has 7 aromatic rings. The van der Waals surface area contributed by atoms with E-state index < -0.39 is 0 Å². The predicted octanol–water partition coefficient (Wildman–Crippen LogP) is 13.0. The van der Waals surface area contributed by atoms with E-state index in [0.717, 1.165) is 60.2 Å². The summed E-state index contributed by atoms with van der Waals surface area (Å²) in [5, 5.41) is 5.36. The molecule has 10 rings (SSSR count). The summed E-state index contributed by atoms with van der Waals surface area (Å²) < 4.78 is 0. The van der Waals surface area contributed by atoms with E-state index in [1.807, 2.05) is 0 Å². The summed E-state index contributed by atoms with van der Waals surface area (Å²) >= 11 is 0. The topological polar surface area (TPSA) is 38.7 Å². The van der Waals surface area contributed by atoms with Gasteiger partial charge in [0.15, 0.2) is 11.6 Å². The van der Waals surface area contributed by atoms with Crippen LogP contribution in [0.25, 0.3) is 72.7 Å². The molecule has 1 atom stereocenters. The normalized spacial score (nSPS) is 16.3. The molecule has 0 saturated carbocycles. The lowest BCUT2D eigenvalue weighted by Crippen LogP contribution is -2.08. The van der Waals surface area contributed by atoms with Crippen molar-refractivity contribution in [3.05, 3.63) is 192 Å². The van der Waals surface area contributed by atoms with Crippen molar-refractivity contribution in [3.8, 4) is 33.9 Å². The first-order valence-corrected chi connectivity index (χ1v) is 19.2. The second-order valence-corrected chi connectivity index (χ2v) is 14.5. The van der Waals surface area contributed by atoms with E-state index >= 15 is 0 Å². The summed E-state index contributed by atoms with van der Waals surface area (Å²) in [6, 6.07) is 44.0. The molecule has 0 fully saturated rings. The molecule has 0 saturated heterocycles. The molecule has 3 aliphatic rings. The Balaban J connectivity index is 1.07. The molecule has 258 valence electrons. The molecule has 0 bridgehead atoms. The second-order valence-electron chi connectivity index (χ2n) is 14.5. The zero-order valence-electron chi connectivity index (χ0n) is 30.1. The van der Waals surface area contributed by atoms with Gasteiger partial charge in [0.25, 0.3) is 0 Å². The van der Waals surface area contributed by atoms with Crippen LogP contribution in [0.3, 0.4) is 0 Å². The Morgan fingerprint density at radius 1 is 0.481 bits per heavy atom. The van der Waals surface area contributed by atoms with E-state index in [9.17, 15) is 0 Å². The molecule has 3 aliphatic carbocycles. The fourth-order valence-electron chi connectivity index (χ4n) is 8.51. The van der Waals surface area contributed by atoms with Gasteiger partial charge < -0.3 is 0 Å². The van der Waals surface area contributed by atoms with Crippen LogP contribution in [-0.4, -0.2) is 15.0 Å². The number of benzene rings is 6. The van der Waals surface area contributed by atoms with Crippen molar-refractivity contribution in [2.75, 3.05) is 0 Å². The minimum atomic E-state index is 0.0923. The maximum Gasteiger partial charge on any atom is 0.164 e. The Bertz CT molecular complexity index is 2760. The zero-order chi connectivity index (χ0) is 35.8. The summed E-state index contributed by atoms with van der Waals surface area (Å²) in [4.78, 5) is 15.6. The fourth-order valence-corrected chi connectivity index (χ4v) is 8.51. The molecule has 0 aliphatic heterocycles. The summed E-state index contributed by atoms with van der Waals surface area (Å²) in [6.07, 6.45) is 22.6. The molecule has 54 heavy (non-hydrogen) atoms. The largest absolute Gasteiger partial charge is 0.212 e. The van der Waals surface area contributed by atoms with Gasteiger partial charge in [0, 0.05) is 17.0 Å². The Hall–Kier alpha value is -6.45. The highest BCUT2D eigenvalue weighted by Crippen LogP contribution is 2.41. The van der Waals surface area contributed by atoms with Gasteiger partial charge in [-0.15, -0.1) is 0 Å². The first-order chi connectivity index (χ1) is 26.8. The Morgan fingerprint density at radius 2 is 1.17 bits per heavy atom. The van der Waals surface area contributed by atoms with Crippen LogP contribution in [0.5, 0.6) is 0 Å². The summed E-state index contributed by atoms with van der Waals surface area (Å²) in [5.41, 5.74) is 12.3. The van der Waals surface area contributed by atoms with E-state index in [1.165, 1.54) is 54.9 Å². The molecule has 0 N–H and O–H groups in total. The molecular formula is C51H39N3. The van der Waals surface area contributed by atoms with Gasteiger partial charge in [-0.05, 0) is 110 Å². The maximum absolute atomic E-state index is 5.22. The van der Waals surface area contributed by atoms with Gasteiger partial charge in [-0.2, -0.15) is 0 Å². The van der Waals surface area contributed by atoms with Crippen molar-refractivity contribution < 1.29 is 0 Å². The maximum atomic E-state index is 5.22. The molecule has 0 radical (unpaired) electrons. The lowest BCUT2D eigenvalue weighted by Gasteiger charge is -2.22. The molecule has 0 amide bonds. The molecule has 6 aromatic carbocycles. The third-order valence-corrected chi connectivity index (χ3v) is 11.2. The van der Waals surface area contributed by atoms with Crippen molar-refractivity contribution in [1.29, 1.82) is 0 Å². The van der Waals surface area contributed by atoms with Gasteiger partial charge in [0.2, 0.25) is 0 Å². The predicted molar refractivity (Wildman–Crippen MR) is 226 cm³/mol. The third kappa shape index (κ3) is 5.92. The smallest absolute Gasteiger partial charge is 0.164 e. The van der Waals surface area contributed by atoms with Crippen LogP contribution < -0.4 is 0 Å². The average Bonchev–Trinajstić information content (AvgIpc) is 3.27. The summed E-state index contributed by atoms with van der Waals surface area (Å²) in [5.74, 6) is 2.30. The molecule has 1 aromatic heterocycles. The van der Waals surface area contributed by atoms with Crippen molar-refractivity contribution in [2.45, 2.75) is 38.0 Å². The number of hydrogen-bond acceptors (Lipinski definition) is 3. The highest BCUT2D eigenvalue weighted by Gasteiger charge is 2.21. The number of allylic oxidation sites excluding steroid dienone is 9. The SMILES string of the molecule is C1=CCCC(c2cccc(-c3nc(-c4ccccc4-c4cccc(C5=Cc6c(c7ccccc7c7ccccc67)CC5)c4)nc(C4C=CC=CC4)n3)c2)=C1. The molecule has 3 heteroatoms. The molecule has 1 heterocycles. The number of aryl methyl sites for hydroxylation is 1. The van der Waals surface area contributed by atoms with Crippen LogP contribution in [0.4, 0.5) is 0 Å². The van der Waals surface area contributed by atoms with Crippen LogP contribution in [0.1, 0.15) is 59.7 Å². The van der Waals surface area contributed by atoms with Crippen molar-refractivity contribution in [2.24, 2.45) is 0 Å². The zero-order valence-corrected chi connectivity index (χ0v) is 30.1. The van der Waals surface area contributed by atoms with Crippen molar-refractivity contribution >= 4 is 38.8 Å². The number of rotatable bonds is 6. The number of fused-ring (bicyclic) bond motifs is 6. The van der Waals surface area contributed by atoms with E-state index in [2.05, 4.69) is 170 Å². The molecule has 3 nitrogen and oxygen atoms in total. The first-order valence-electron chi connectivity index (χ1n) is 19.2. The molecular weight excluding hydrogens is 655 g/mol. The van der Waals surface area contributed by atoms with Gasteiger partial charge in [0.1, 0.15) is 5.82 Å². The van der Waals surface area contributed by atoms with Crippen molar-refractivity contribution in [3.63, 3.8) is 0 Å². The monoisotopic (exact) mass is 693 g/mol. The number of aromatic nitrogens is 3. The standard InChI is InChI=1S/C51H39N3/c1-3-15-34(16-4-1)36-19-14-22-40(32-36)50-52-49(35-17-5-2-6-18-35)53-51(54-50)47-28-12-7-23-41(47)39-21-13-20-37(31-39)38-29-30-46-44-26-9-8-24-42(44)43-25-10-11-27-45(43)48(46)33-38/h1-3,5-15,17,19-28,31-33,35H,4,16,18,29-30H2. The Morgan fingerprint density at radius 3 is 1.96 bits per heavy atom. The first kappa shape index (κ1) is 32.2. The minimum absolute atomic E-state index is 0.0923. The number of hydrogen-bond donors (Lipinski definition) is 0. The van der Waals surface area contributed by atoms with Crippen molar-refractivity contribution in [1.82, 2.24) is 15.0 Å². The van der Waals surface area contributed by atoms with Gasteiger partial charge in [-0.3, -0.25) is 0 Å². The van der Waals surface area contributed by atoms with Crippen LogP contribution in [0, 0.1) is 0 Å². The minimum Gasteiger partial charge on any atom is -0.212 e. The number of nitrogens with zero attached hydrogens (tertiary/aromatic N) is 3. The summed E-state index contributed by atoms with van der Waals surface area (Å²) in [7, 11) is 0. The lowest BCUT2D eigenvalue weighted by atomic mass is 9.82. The van der Waals surface area contributed by atoms with E-state index in [4.69, 9.17) is 15.0 Å². The van der Waals surface area contributed by atoms with Crippen LogP contribution >= 0.6 is 0 Å². The third-order valence-electron chi connectivity index (χ3n) is 11.2. The van der Waals surface area contributed by atoms with Crippen LogP contribution in [0.15, 0.2) is 164 Å². The van der Waals surface area contributed by atoms with Crippen LogP contribution in [-0.2, 0) is 6.42 Å². The van der Waals surface area contributed by atoms with Gasteiger partial charge in [-0.1, -0.05) is 158 Å². The van der Waals surface area contributed by atoms with Crippen LogP contribution in [0.2, 0.25) is 0 Å². The average molecular weight is 694 g/mol.